The molecule has 0 fully saturated rings. The van der Waals surface area contributed by atoms with Crippen LogP contribution in [0.2, 0.25) is 0 Å². The molecule has 0 amide bonds. The van der Waals surface area contributed by atoms with Crippen LogP contribution in [0.4, 0.5) is 0 Å². The van der Waals surface area contributed by atoms with Crippen molar-refractivity contribution in [3.63, 3.8) is 0 Å². The van der Waals surface area contributed by atoms with Crippen molar-refractivity contribution in [1.82, 2.24) is 0 Å². The van der Waals surface area contributed by atoms with Crippen LogP contribution in [0.15, 0.2) is 24.3 Å². The quantitative estimate of drug-likeness (QED) is 0.499. The van der Waals surface area contributed by atoms with Crippen LogP contribution in [0.1, 0.15) is 88.6 Å². The maximum Gasteiger partial charge on any atom is 1.00 e. The van der Waals surface area contributed by atoms with Crippen LogP contribution in [0.25, 0.3) is 6.08 Å². The van der Waals surface area contributed by atoms with Crippen LogP contribution in [0.3, 0.4) is 0 Å². The molecule has 0 unspecified atom stereocenters. The van der Waals surface area contributed by atoms with Crippen molar-refractivity contribution in [3.8, 4) is 0 Å². The normalized spacial score (nSPS) is 4.95. The van der Waals surface area contributed by atoms with E-state index >= 15 is 0 Å². The Morgan fingerprint density at radius 3 is 1.19 bits per heavy atom. The Morgan fingerprint density at radius 2 is 1.05 bits per heavy atom. The Morgan fingerprint density at radius 1 is 0.714 bits per heavy atom. The molecule has 0 nitrogen and oxygen atoms in total. The number of benzene rings is 1. The van der Waals surface area contributed by atoms with E-state index in [4.69, 9.17) is 6.58 Å². The van der Waals surface area contributed by atoms with Crippen LogP contribution in [0.5, 0.6) is 0 Å². The molecule has 1 aromatic carbocycles. The van der Waals surface area contributed by atoms with Gasteiger partial charge in [0.25, 0.3) is 0 Å². The molecule has 1 aromatic rings. The van der Waals surface area contributed by atoms with E-state index in [1.54, 1.807) is 0 Å². The summed E-state index contributed by atoms with van der Waals surface area (Å²) in [6.07, 6.45) is 1.53. The number of hydrogen-bond acceptors (Lipinski definition) is 0. The molecule has 0 bridgehead atoms. The third kappa shape index (κ3) is 63.4. The molecule has 0 aliphatic carbocycles. The minimum atomic E-state index is 0. The van der Waals surface area contributed by atoms with Gasteiger partial charge in [0.05, 0.1) is 0 Å². The van der Waals surface area contributed by atoms with Crippen LogP contribution in [-0.4, -0.2) is 0 Å². The zero-order valence-electron chi connectivity index (χ0n) is 17.5. The molecular formula is C20H42K-. The second kappa shape index (κ2) is 85.9. The van der Waals surface area contributed by atoms with E-state index < -0.39 is 0 Å². The standard InChI is InChI=1S/C8H6.6C2H6.K/c1-2-8-6-4-3-5-7-8;6*1-2;/h1-6H;6*1-2H3;/q-2;;;;;;;+1. The maximum atomic E-state index is 5.19. The summed E-state index contributed by atoms with van der Waals surface area (Å²) in [5, 5.41) is 0. The van der Waals surface area contributed by atoms with Gasteiger partial charge in [-0.1, -0.05) is 83.1 Å². The van der Waals surface area contributed by atoms with Gasteiger partial charge in [-0.3, -0.25) is 0 Å². The average Bonchev–Trinajstić information content (AvgIpc) is 2.66. The smallest absolute Gasteiger partial charge is 0.344 e. The molecule has 124 valence electrons. The molecule has 1 rings (SSSR count). The maximum absolute atomic E-state index is 5.19. The molecule has 0 aliphatic heterocycles. The van der Waals surface area contributed by atoms with Crippen molar-refractivity contribution in [3.05, 3.63) is 42.5 Å². The zero-order valence-corrected chi connectivity index (χ0v) is 20.6. The Balaban J connectivity index is -0.0000000261. The van der Waals surface area contributed by atoms with Gasteiger partial charge < -0.3 is 18.2 Å². The number of hydrogen-bond donors (Lipinski definition) is 0. The summed E-state index contributed by atoms with van der Waals surface area (Å²) in [5.41, 5.74) is 0.938. The van der Waals surface area contributed by atoms with Gasteiger partial charge in [-0.25, -0.2) is 12.1 Å². The summed E-state index contributed by atoms with van der Waals surface area (Å²) < 4.78 is 0. The van der Waals surface area contributed by atoms with Gasteiger partial charge in [0.2, 0.25) is 0 Å². The van der Waals surface area contributed by atoms with Crippen molar-refractivity contribution < 1.29 is 51.4 Å². The predicted octanol–water partition coefficient (Wildman–Crippen LogP) is 5.09. The van der Waals surface area contributed by atoms with Crippen molar-refractivity contribution in [2.24, 2.45) is 0 Å². The summed E-state index contributed by atoms with van der Waals surface area (Å²) in [4.78, 5) is 0. The first-order valence-corrected chi connectivity index (χ1v) is 8.45. The summed E-state index contributed by atoms with van der Waals surface area (Å²) in [6.45, 7) is 29.2. The Bertz CT molecular complexity index is 168. The van der Waals surface area contributed by atoms with Gasteiger partial charge in [-0.15, -0.1) is 6.07 Å². The molecule has 0 aliphatic rings. The summed E-state index contributed by atoms with van der Waals surface area (Å²) in [7, 11) is 0. The monoisotopic (exact) mass is 321 g/mol. The van der Waals surface area contributed by atoms with Crippen LogP contribution >= 0.6 is 0 Å². The fraction of sp³-hybridized carbons (Fsp3) is 0.600. The minimum Gasteiger partial charge on any atom is -0.344 e. The van der Waals surface area contributed by atoms with Crippen molar-refractivity contribution in [2.45, 2.75) is 83.1 Å². The van der Waals surface area contributed by atoms with E-state index in [0.717, 1.165) is 5.56 Å². The summed E-state index contributed by atoms with van der Waals surface area (Å²) in [5.74, 6) is 0. The molecule has 0 radical (unpaired) electrons. The van der Waals surface area contributed by atoms with Crippen molar-refractivity contribution in [1.29, 1.82) is 0 Å². The molecule has 21 heavy (non-hydrogen) atoms. The van der Waals surface area contributed by atoms with E-state index in [2.05, 4.69) is 6.07 Å². The zero-order chi connectivity index (χ0) is 17.8. The molecule has 0 saturated heterocycles. The molecule has 1 heteroatoms. The average molecular weight is 322 g/mol. The van der Waals surface area contributed by atoms with E-state index in [9.17, 15) is 0 Å². The van der Waals surface area contributed by atoms with Crippen LogP contribution in [-0.2, 0) is 0 Å². The first kappa shape index (κ1) is 43.0. The molecule has 0 spiro atoms. The van der Waals surface area contributed by atoms with Crippen LogP contribution < -0.4 is 51.4 Å². The molecule has 0 saturated carbocycles. The van der Waals surface area contributed by atoms with Gasteiger partial charge in [0.15, 0.2) is 0 Å². The minimum absolute atomic E-state index is 0. The Kier molecular flexibility index (Phi) is 176. The Hall–Kier alpha value is 0.596. The molecular weight excluding hydrogens is 279 g/mol. The van der Waals surface area contributed by atoms with E-state index in [0.29, 0.717) is 0 Å². The van der Waals surface area contributed by atoms with E-state index in [1.807, 2.05) is 107 Å². The van der Waals surface area contributed by atoms with Crippen molar-refractivity contribution in [2.75, 3.05) is 0 Å². The van der Waals surface area contributed by atoms with Gasteiger partial charge in [-0.05, 0) is 0 Å². The second-order valence-electron chi connectivity index (χ2n) is 1.48. The summed E-state index contributed by atoms with van der Waals surface area (Å²) >= 11 is 0. The second-order valence-corrected chi connectivity index (χ2v) is 1.48. The van der Waals surface area contributed by atoms with Gasteiger partial charge in [0, 0.05) is 0 Å². The first-order valence-electron chi connectivity index (χ1n) is 8.45. The fourth-order valence-electron chi connectivity index (χ4n) is 0.511. The largest absolute Gasteiger partial charge is 1.00 e. The van der Waals surface area contributed by atoms with Crippen LogP contribution in [0, 0.1) is 12.6 Å². The SMILES string of the molecule is CC.CC.CC.CC.CC.CC.[CH-]=Cc1[c-]cccc1.[K+]. The third-order valence-electron chi connectivity index (χ3n) is 0.913. The van der Waals surface area contributed by atoms with Crippen molar-refractivity contribution >= 4 is 6.08 Å². The predicted molar refractivity (Wildman–Crippen MR) is 102 cm³/mol. The van der Waals surface area contributed by atoms with Gasteiger partial charge in [0.1, 0.15) is 0 Å². The Labute approximate surface area is 181 Å². The first-order chi connectivity index (χ1) is 9.93. The molecule has 0 aromatic heterocycles. The van der Waals surface area contributed by atoms with E-state index in [1.165, 1.54) is 6.08 Å². The van der Waals surface area contributed by atoms with Gasteiger partial charge in [-0.2, -0.15) is 12.1 Å². The molecule has 0 N–H and O–H groups in total. The molecule has 0 atom stereocenters. The molecule has 0 heterocycles. The van der Waals surface area contributed by atoms with E-state index in [-0.39, 0.29) is 51.4 Å². The topological polar surface area (TPSA) is 0 Å². The summed E-state index contributed by atoms with van der Waals surface area (Å²) in [6, 6.07) is 10.5. The number of rotatable bonds is 1. The fourth-order valence-corrected chi connectivity index (χ4v) is 0.511. The van der Waals surface area contributed by atoms with Gasteiger partial charge >= 0.3 is 51.4 Å². The third-order valence-corrected chi connectivity index (χ3v) is 0.913.